The van der Waals surface area contributed by atoms with Gasteiger partial charge in [0.25, 0.3) is 5.69 Å². The van der Waals surface area contributed by atoms with Crippen LogP contribution in [0.5, 0.6) is 0 Å². The first-order chi connectivity index (χ1) is 27.3. The van der Waals surface area contributed by atoms with E-state index in [9.17, 15) is 10.1 Å². The summed E-state index contributed by atoms with van der Waals surface area (Å²) in [6.07, 6.45) is 7.83. The highest BCUT2D eigenvalue weighted by atomic mass is 32.2. The topological polar surface area (TPSA) is 56.0 Å². The molecule has 6 aromatic rings. The van der Waals surface area contributed by atoms with Crippen molar-refractivity contribution in [2.45, 2.75) is 61.2 Å². The summed E-state index contributed by atoms with van der Waals surface area (Å²) in [5.41, 5.74) is 12.2. The summed E-state index contributed by atoms with van der Waals surface area (Å²) in [5, 5.41) is 11.8. The normalized spacial score (nSPS) is 13.6. The van der Waals surface area contributed by atoms with E-state index in [4.69, 9.17) is 4.98 Å². The molecule has 0 fully saturated rings. The second-order valence-corrected chi connectivity index (χ2v) is 30.7. The van der Waals surface area contributed by atoms with Crippen LogP contribution in [0.2, 0.25) is 51.4 Å². The summed E-state index contributed by atoms with van der Waals surface area (Å²) in [6.45, 7) is 14.6. The van der Waals surface area contributed by atoms with E-state index >= 15 is 0 Å². The molecule has 0 radical (unpaired) electrons. The van der Waals surface area contributed by atoms with Gasteiger partial charge >= 0.3 is 0 Å². The fraction of sp³-hybridized carbons (Fsp3) is 0.204. The minimum atomic E-state index is -1.04. The van der Waals surface area contributed by atoms with Crippen molar-refractivity contribution in [3.63, 3.8) is 0 Å². The van der Waals surface area contributed by atoms with Gasteiger partial charge in [0.1, 0.15) is 0 Å². The molecule has 0 amide bonds. The standard InChI is InChI=1S/C49H50N2O2S2Si2/c1-56(2,3)29-27-54-46-23-17-37(18-24-46)35-7-11-39(12-8-35)48-31-42-16-22-44-34-45(51(52)53)33-43(50-44)21-15-41(48)32-49(42)40-13-9-36(10-14-40)38-19-25-47(26-20-38)55-28-30-57(4,5)6/h7-26,31-34H,27-30H2,1-6H3/b21-15-,22-16-. The average Bonchev–Trinajstić information content (AvgIpc) is 3.22. The molecule has 3 heterocycles. The molecule has 0 spiro atoms. The Hall–Kier alpha value is -4.74. The number of fused-ring (bicyclic) bond motifs is 2. The largest absolute Gasteiger partial charge is 0.273 e. The Bertz CT molecular complexity index is 2270. The quantitative estimate of drug-likeness (QED) is 0.0502. The molecule has 2 aliphatic heterocycles. The molecule has 4 nitrogen and oxygen atoms in total. The Balaban J connectivity index is 1.19. The van der Waals surface area contributed by atoms with Gasteiger partial charge in [-0.2, -0.15) is 0 Å². The van der Waals surface area contributed by atoms with E-state index in [2.05, 4.69) is 148 Å². The van der Waals surface area contributed by atoms with Crippen LogP contribution in [0.3, 0.4) is 0 Å². The first-order valence-corrected chi connectivity index (χ1v) is 29.0. The monoisotopic (exact) mass is 818 g/mol. The first-order valence-electron chi connectivity index (χ1n) is 19.6. The number of thioether (sulfide) groups is 2. The van der Waals surface area contributed by atoms with Gasteiger partial charge in [0.2, 0.25) is 0 Å². The molecule has 0 saturated heterocycles. The van der Waals surface area contributed by atoms with Crippen LogP contribution in [0, 0.1) is 10.1 Å². The maximum atomic E-state index is 11.8. The first kappa shape index (κ1) is 40.5. The van der Waals surface area contributed by atoms with Crippen molar-refractivity contribution in [3.8, 4) is 44.5 Å². The second-order valence-electron chi connectivity index (χ2n) is 17.1. The molecule has 8 heteroatoms. The number of nitrogens with zero attached hydrogens (tertiary/aromatic N) is 2. The van der Waals surface area contributed by atoms with Crippen molar-refractivity contribution < 1.29 is 4.92 Å². The minimum absolute atomic E-state index is 0.0230. The maximum absolute atomic E-state index is 11.8. The highest BCUT2D eigenvalue weighted by Gasteiger charge is 2.16. The molecule has 0 unspecified atom stereocenters. The lowest BCUT2D eigenvalue weighted by Gasteiger charge is -2.15. The van der Waals surface area contributed by atoms with E-state index in [1.54, 1.807) is 0 Å². The van der Waals surface area contributed by atoms with Crippen molar-refractivity contribution in [1.29, 1.82) is 0 Å². The Kier molecular flexibility index (Phi) is 12.4. The third kappa shape index (κ3) is 10.8. The molecule has 0 N–H and O–H groups in total. The highest BCUT2D eigenvalue weighted by molar-refractivity contribution is 7.99. The summed E-state index contributed by atoms with van der Waals surface area (Å²) >= 11 is 3.90. The molecule has 0 saturated carbocycles. The van der Waals surface area contributed by atoms with E-state index in [-0.39, 0.29) is 10.6 Å². The second kappa shape index (κ2) is 17.4. The zero-order chi connectivity index (χ0) is 40.2. The summed E-state index contributed by atoms with van der Waals surface area (Å²) < 4.78 is 0. The number of benzene rings is 5. The van der Waals surface area contributed by atoms with Crippen LogP contribution in [0.15, 0.2) is 131 Å². The van der Waals surface area contributed by atoms with E-state index in [0.29, 0.717) is 11.4 Å². The van der Waals surface area contributed by atoms with Crippen molar-refractivity contribution in [2.75, 3.05) is 11.5 Å². The van der Waals surface area contributed by atoms with E-state index in [1.165, 1.54) is 67.8 Å². The molecular formula is C49H50N2O2S2Si2. The zero-order valence-corrected chi connectivity index (χ0v) is 37.3. The lowest BCUT2D eigenvalue weighted by atomic mass is 9.89. The van der Waals surface area contributed by atoms with Gasteiger partial charge in [-0.15, -0.1) is 23.5 Å². The van der Waals surface area contributed by atoms with Gasteiger partial charge in [-0.05, 0) is 128 Å². The van der Waals surface area contributed by atoms with Gasteiger partial charge < -0.3 is 0 Å². The molecule has 288 valence electrons. The van der Waals surface area contributed by atoms with E-state index < -0.39 is 16.1 Å². The number of rotatable bonds is 13. The van der Waals surface area contributed by atoms with Crippen LogP contribution in [0.25, 0.3) is 68.8 Å². The number of pyridine rings is 1. The van der Waals surface area contributed by atoms with Crippen LogP contribution >= 0.6 is 23.5 Å². The summed E-state index contributed by atoms with van der Waals surface area (Å²) in [5.74, 6) is 2.35. The Morgan fingerprint density at radius 2 is 0.825 bits per heavy atom. The van der Waals surface area contributed by atoms with Gasteiger partial charge in [-0.1, -0.05) is 124 Å². The maximum Gasteiger partial charge on any atom is 0.273 e. The van der Waals surface area contributed by atoms with Crippen molar-refractivity contribution in [3.05, 3.63) is 154 Å². The Morgan fingerprint density at radius 1 is 0.491 bits per heavy atom. The van der Waals surface area contributed by atoms with Gasteiger partial charge in [-0.25, -0.2) is 4.98 Å². The summed E-state index contributed by atoms with van der Waals surface area (Å²) in [4.78, 5) is 18.8. The van der Waals surface area contributed by atoms with Crippen molar-refractivity contribution in [1.82, 2.24) is 4.98 Å². The molecule has 4 bridgehead atoms. The molecule has 0 aliphatic carbocycles. The van der Waals surface area contributed by atoms with Gasteiger partial charge in [0, 0.05) is 38.1 Å². The SMILES string of the molecule is C[Si](C)(C)CCSc1ccc(-c2ccc(-c3cc4c(-c5ccc(-c6ccc(SCC[Si](C)(C)C)cc6)cc5)cc3/C=C\c3cc([N+](=O)[O-])cc(n3)/C=C\4)cc2)cc1. The number of hydrogen-bond donors (Lipinski definition) is 0. The molecule has 1 aromatic heterocycles. The van der Waals surface area contributed by atoms with Crippen LogP contribution in [-0.4, -0.2) is 37.6 Å². The summed E-state index contributed by atoms with van der Waals surface area (Å²) in [6, 6.07) is 45.6. The van der Waals surface area contributed by atoms with Gasteiger partial charge in [0.15, 0.2) is 0 Å². The molecule has 5 aromatic carbocycles. The van der Waals surface area contributed by atoms with Crippen molar-refractivity contribution in [2.24, 2.45) is 0 Å². The minimum Gasteiger partial charge on any atom is -0.258 e. The number of hydrogen-bond acceptors (Lipinski definition) is 5. The van der Waals surface area contributed by atoms with Crippen LogP contribution in [0.4, 0.5) is 5.69 Å². The third-order valence-corrected chi connectivity index (χ3v) is 16.4. The number of nitro groups is 1. The van der Waals surface area contributed by atoms with Crippen LogP contribution < -0.4 is 0 Å². The smallest absolute Gasteiger partial charge is 0.258 e. The van der Waals surface area contributed by atoms with Gasteiger partial charge in [-0.3, -0.25) is 10.1 Å². The fourth-order valence-corrected chi connectivity index (χ4v) is 13.6. The zero-order valence-electron chi connectivity index (χ0n) is 33.7. The molecule has 57 heavy (non-hydrogen) atoms. The molecule has 2 aliphatic rings. The van der Waals surface area contributed by atoms with E-state index in [0.717, 1.165) is 33.4 Å². The molecular weight excluding hydrogens is 769 g/mol. The van der Waals surface area contributed by atoms with Crippen LogP contribution in [-0.2, 0) is 0 Å². The predicted molar refractivity (Wildman–Crippen MR) is 255 cm³/mol. The number of aromatic nitrogens is 1. The molecule has 0 atom stereocenters. The highest BCUT2D eigenvalue weighted by Crippen LogP contribution is 2.38. The average molecular weight is 819 g/mol. The molecule has 8 rings (SSSR count). The third-order valence-electron chi connectivity index (χ3n) is 10.2. The Morgan fingerprint density at radius 3 is 1.16 bits per heavy atom. The lowest BCUT2D eigenvalue weighted by molar-refractivity contribution is -0.385. The van der Waals surface area contributed by atoms with Gasteiger partial charge in [0.05, 0.1) is 16.3 Å². The summed E-state index contributed by atoms with van der Waals surface area (Å²) in [7, 11) is -2.09. The predicted octanol–water partition coefficient (Wildman–Crippen LogP) is 15.2. The van der Waals surface area contributed by atoms with E-state index in [1.807, 2.05) is 47.8 Å². The van der Waals surface area contributed by atoms with Crippen molar-refractivity contribution >= 4 is 69.7 Å². The fourth-order valence-electron chi connectivity index (χ4n) is 6.72. The lowest BCUT2D eigenvalue weighted by Crippen LogP contribution is -2.19. The van der Waals surface area contributed by atoms with Crippen LogP contribution in [0.1, 0.15) is 22.5 Å². The Labute approximate surface area is 348 Å².